The van der Waals surface area contributed by atoms with Gasteiger partial charge in [0, 0.05) is 12.6 Å². The van der Waals surface area contributed by atoms with Gasteiger partial charge in [-0.15, -0.1) is 0 Å². The third-order valence-electron chi connectivity index (χ3n) is 3.78. The van der Waals surface area contributed by atoms with Crippen molar-refractivity contribution in [2.75, 3.05) is 26.2 Å². The summed E-state index contributed by atoms with van der Waals surface area (Å²) in [5, 5.41) is 3.58. The fourth-order valence-electron chi connectivity index (χ4n) is 2.72. The second-order valence-corrected chi connectivity index (χ2v) is 5.28. The number of hydrogen-bond acceptors (Lipinski definition) is 2. The molecule has 1 saturated heterocycles. The zero-order chi connectivity index (χ0) is 10.5. The Hall–Kier alpha value is -0.0800. The Labute approximate surface area is 94.4 Å². The minimum atomic E-state index is 0.768. The van der Waals surface area contributed by atoms with Crippen molar-refractivity contribution in [3.8, 4) is 0 Å². The molecule has 0 aromatic heterocycles. The van der Waals surface area contributed by atoms with Gasteiger partial charge in [0.1, 0.15) is 0 Å². The highest BCUT2D eigenvalue weighted by atomic mass is 15.2. The lowest BCUT2D eigenvalue weighted by Crippen LogP contribution is -2.45. The number of likely N-dealkylation sites (N-methyl/N-ethyl adjacent to an activating group) is 1. The highest BCUT2D eigenvalue weighted by Gasteiger charge is 2.22. The first-order valence-corrected chi connectivity index (χ1v) is 6.84. The minimum absolute atomic E-state index is 0.768. The monoisotopic (exact) mass is 210 g/mol. The molecule has 1 unspecified atom stereocenters. The SMILES string of the molecule is CCNC1CCCN(CCCC2CC2)C1. The minimum Gasteiger partial charge on any atom is -0.313 e. The van der Waals surface area contributed by atoms with Crippen LogP contribution >= 0.6 is 0 Å². The van der Waals surface area contributed by atoms with Gasteiger partial charge in [-0.3, -0.25) is 0 Å². The van der Waals surface area contributed by atoms with Crippen molar-refractivity contribution >= 4 is 0 Å². The lowest BCUT2D eigenvalue weighted by atomic mass is 10.1. The van der Waals surface area contributed by atoms with Gasteiger partial charge in [0.2, 0.25) is 0 Å². The first-order valence-electron chi connectivity index (χ1n) is 6.84. The van der Waals surface area contributed by atoms with Gasteiger partial charge in [0.05, 0.1) is 0 Å². The number of hydrogen-bond donors (Lipinski definition) is 1. The predicted octanol–water partition coefficient (Wildman–Crippen LogP) is 2.25. The van der Waals surface area contributed by atoms with Gasteiger partial charge < -0.3 is 10.2 Å². The zero-order valence-corrected chi connectivity index (χ0v) is 10.2. The molecule has 0 amide bonds. The molecular weight excluding hydrogens is 184 g/mol. The lowest BCUT2D eigenvalue weighted by molar-refractivity contribution is 0.188. The fourth-order valence-corrected chi connectivity index (χ4v) is 2.72. The number of rotatable bonds is 6. The van der Waals surface area contributed by atoms with E-state index in [1.807, 2.05) is 0 Å². The molecule has 2 heteroatoms. The Balaban J connectivity index is 1.58. The van der Waals surface area contributed by atoms with Crippen LogP contribution in [0.5, 0.6) is 0 Å². The number of piperidine rings is 1. The quantitative estimate of drug-likeness (QED) is 0.723. The van der Waals surface area contributed by atoms with Gasteiger partial charge in [-0.05, 0) is 51.2 Å². The van der Waals surface area contributed by atoms with Gasteiger partial charge >= 0.3 is 0 Å². The summed E-state index contributed by atoms with van der Waals surface area (Å²) >= 11 is 0. The molecule has 15 heavy (non-hydrogen) atoms. The fraction of sp³-hybridized carbons (Fsp3) is 1.00. The van der Waals surface area contributed by atoms with Gasteiger partial charge in [-0.2, -0.15) is 0 Å². The van der Waals surface area contributed by atoms with E-state index in [9.17, 15) is 0 Å². The highest BCUT2D eigenvalue weighted by molar-refractivity contribution is 4.79. The average molecular weight is 210 g/mol. The molecule has 2 rings (SSSR count). The molecule has 0 aromatic rings. The van der Waals surface area contributed by atoms with Gasteiger partial charge in [0.15, 0.2) is 0 Å². The van der Waals surface area contributed by atoms with Gasteiger partial charge in [-0.1, -0.05) is 19.8 Å². The maximum Gasteiger partial charge on any atom is 0.0195 e. The summed E-state index contributed by atoms with van der Waals surface area (Å²) in [6.45, 7) is 7.32. The van der Waals surface area contributed by atoms with Crippen molar-refractivity contribution in [2.24, 2.45) is 5.92 Å². The van der Waals surface area contributed by atoms with Crippen molar-refractivity contribution in [1.29, 1.82) is 0 Å². The van der Waals surface area contributed by atoms with E-state index in [2.05, 4.69) is 17.1 Å². The Morgan fingerprint density at radius 3 is 2.87 bits per heavy atom. The van der Waals surface area contributed by atoms with Crippen molar-refractivity contribution < 1.29 is 0 Å². The molecule has 1 N–H and O–H groups in total. The van der Waals surface area contributed by atoms with Crippen LogP contribution in [-0.4, -0.2) is 37.1 Å². The normalized spacial score (nSPS) is 28.2. The molecule has 1 aliphatic carbocycles. The number of nitrogens with zero attached hydrogens (tertiary/aromatic N) is 1. The molecule has 88 valence electrons. The molecule has 0 spiro atoms. The lowest BCUT2D eigenvalue weighted by Gasteiger charge is -2.33. The molecule has 2 nitrogen and oxygen atoms in total. The van der Waals surface area contributed by atoms with Gasteiger partial charge in [0.25, 0.3) is 0 Å². The van der Waals surface area contributed by atoms with E-state index in [1.54, 1.807) is 0 Å². The Morgan fingerprint density at radius 2 is 2.13 bits per heavy atom. The van der Waals surface area contributed by atoms with E-state index in [4.69, 9.17) is 0 Å². The molecule has 1 heterocycles. The molecule has 2 aliphatic rings. The molecule has 0 bridgehead atoms. The summed E-state index contributed by atoms with van der Waals surface area (Å²) in [6.07, 6.45) is 8.72. The van der Waals surface area contributed by atoms with Crippen LogP contribution in [-0.2, 0) is 0 Å². The summed E-state index contributed by atoms with van der Waals surface area (Å²) in [6, 6.07) is 0.768. The molecule has 1 saturated carbocycles. The van der Waals surface area contributed by atoms with E-state index in [0.717, 1.165) is 18.5 Å². The molecule has 0 aromatic carbocycles. The van der Waals surface area contributed by atoms with Crippen LogP contribution < -0.4 is 5.32 Å². The first-order chi connectivity index (χ1) is 7.38. The first kappa shape index (κ1) is 11.4. The van der Waals surface area contributed by atoms with Crippen LogP contribution in [0.2, 0.25) is 0 Å². The number of nitrogens with one attached hydrogen (secondary N) is 1. The second kappa shape index (κ2) is 5.86. The predicted molar refractivity (Wildman–Crippen MR) is 65.1 cm³/mol. The molecule has 1 aliphatic heterocycles. The van der Waals surface area contributed by atoms with Crippen molar-refractivity contribution in [2.45, 2.75) is 51.5 Å². The second-order valence-electron chi connectivity index (χ2n) is 5.28. The summed E-state index contributed by atoms with van der Waals surface area (Å²) in [7, 11) is 0. The Kier molecular flexibility index (Phi) is 4.45. The van der Waals surface area contributed by atoms with Gasteiger partial charge in [-0.25, -0.2) is 0 Å². The van der Waals surface area contributed by atoms with E-state index in [1.165, 1.54) is 58.2 Å². The average Bonchev–Trinajstić information content (AvgIpc) is 3.03. The van der Waals surface area contributed by atoms with Crippen LogP contribution in [0, 0.1) is 5.92 Å². The van der Waals surface area contributed by atoms with E-state index >= 15 is 0 Å². The van der Waals surface area contributed by atoms with Crippen LogP contribution in [0.4, 0.5) is 0 Å². The number of likely N-dealkylation sites (tertiary alicyclic amines) is 1. The summed E-state index contributed by atoms with van der Waals surface area (Å²) in [4.78, 5) is 2.67. The maximum atomic E-state index is 3.58. The summed E-state index contributed by atoms with van der Waals surface area (Å²) in [5.74, 6) is 1.11. The third-order valence-corrected chi connectivity index (χ3v) is 3.78. The standard InChI is InChI=1S/C13H26N2/c1-2-14-13-6-4-10-15(11-13)9-3-5-12-7-8-12/h12-14H,2-11H2,1H3. The van der Waals surface area contributed by atoms with Crippen molar-refractivity contribution in [3.05, 3.63) is 0 Å². The van der Waals surface area contributed by atoms with Crippen LogP contribution in [0.25, 0.3) is 0 Å². The largest absolute Gasteiger partial charge is 0.313 e. The topological polar surface area (TPSA) is 15.3 Å². The van der Waals surface area contributed by atoms with Crippen LogP contribution in [0.1, 0.15) is 45.4 Å². The maximum absolute atomic E-state index is 3.58. The summed E-state index contributed by atoms with van der Waals surface area (Å²) in [5.41, 5.74) is 0. The Bertz CT molecular complexity index is 175. The van der Waals surface area contributed by atoms with Crippen LogP contribution in [0.3, 0.4) is 0 Å². The van der Waals surface area contributed by atoms with E-state index in [-0.39, 0.29) is 0 Å². The molecule has 2 fully saturated rings. The van der Waals surface area contributed by atoms with Crippen LogP contribution in [0.15, 0.2) is 0 Å². The summed E-state index contributed by atoms with van der Waals surface area (Å²) < 4.78 is 0. The van der Waals surface area contributed by atoms with Crippen molar-refractivity contribution in [3.63, 3.8) is 0 Å². The molecule has 1 atom stereocenters. The zero-order valence-electron chi connectivity index (χ0n) is 10.2. The van der Waals surface area contributed by atoms with E-state index in [0.29, 0.717) is 0 Å². The smallest absolute Gasteiger partial charge is 0.0195 e. The van der Waals surface area contributed by atoms with Crippen molar-refractivity contribution in [1.82, 2.24) is 10.2 Å². The molecule has 0 radical (unpaired) electrons. The molecular formula is C13H26N2. The van der Waals surface area contributed by atoms with E-state index < -0.39 is 0 Å². The Morgan fingerprint density at radius 1 is 1.27 bits per heavy atom. The highest BCUT2D eigenvalue weighted by Crippen LogP contribution is 2.33. The third kappa shape index (κ3) is 4.12.